The topological polar surface area (TPSA) is 73.3 Å². The number of aromatic amines is 1. The molecule has 23 heavy (non-hydrogen) atoms. The molecule has 11 heteroatoms. The zero-order valence-electron chi connectivity index (χ0n) is 12.2. The second kappa shape index (κ2) is 7.01. The number of halogens is 1. The summed E-state index contributed by atoms with van der Waals surface area (Å²) < 4.78 is 25.5. The van der Waals surface area contributed by atoms with Crippen LogP contribution < -0.4 is 11.2 Å². The molecule has 1 aromatic rings. The van der Waals surface area contributed by atoms with Gasteiger partial charge in [-0.05, 0) is 18.2 Å². The van der Waals surface area contributed by atoms with Crippen LogP contribution in [0.25, 0.3) is 0 Å². The smallest absolute Gasteiger partial charge is 0.330 e. The molecule has 0 aromatic carbocycles. The monoisotopic (exact) mass is 398 g/mol. The molecule has 2 aliphatic rings. The Morgan fingerprint density at radius 1 is 1.52 bits per heavy atom. The molecule has 2 saturated heterocycles. The van der Waals surface area contributed by atoms with Gasteiger partial charge in [-0.25, -0.2) is 9.18 Å². The number of aromatic nitrogens is 2. The third-order valence-electron chi connectivity index (χ3n) is 3.63. The molecule has 1 N–H and O–H groups in total. The van der Waals surface area contributed by atoms with E-state index in [2.05, 4.69) is 4.98 Å². The first-order valence-corrected chi connectivity index (χ1v) is 13.0. The maximum absolute atomic E-state index is 14.9. The van der Waals surface area contributed by atoms with Gasteiger partial charge in [-0.2, -0.15) is 0 Å². The lowest BCUT2D eigenvalue weighted by Crippen LogP contribution is -2.36. The summed E-state index contributed by atoms with van der Waals surface area (Å²) >= 11 is 8.69. The van der Waals surface area contributed by atoms with Gasteiger partial charge in [0.1, 0.15) is 6.10 Å². The molecule has 0 spiro atoms. The molecule has 3 rings (SSSR count). The van der Waals surface area contributed by atoms with Crippen LogP contribution in [0.5, 0.6) is 0 Å². The highest BCUT2D eigenvalue weighted by Crippen LogP contribution is 2.75. The van der Waals surface area contributed by atoms with E-state index in [1.54, 1.807) is 22.8 Å². The van der Waals surface area contributed by atoms with Gasteiger partial charge in [-0.3, -0.25) is 14.3 Å². The molecule has 2 aliphatic heterocycles. The molecule has 0 unspecified atom stereocenters. The molecule has 0 amide bonds. The molecule has 0 radical (unpaired) electrons. The van der Waals surface area contributed by atoms with E-state index >= 15 is 0 Å². The van der Waals surface area contributed by atoms with Crippen molar-refractivity contribution in [3.05, 3.63) is 33.1 Å². The van der Waals surface area contributed by atoms with E-state index in [4.69, 9.17) is 21.1 Å². The summed E-state index contributed by atoms with van der Waals surface area (Å²) in [6.07, 6.45) is -2.13. The van der Waals surface area contributed by atoms with Crippen LogP contribution in [0.1, 0.15) is 19.6 Å². The van der Waals surface area contributed by atoms with Gasteiger partial charge in [-0.15, -0.1) is 0 Å². The van der Waals surface area contributed by atoms with E-state index in [1.807, 2.05) is 6.92 Å². The summed E-state index contributed by atoms with van der Waals surface area (Å²) in [5.41, 5.74) is -1.23. The van der Waals surface area contributed by atoms with Crippen molar-refractivity contribution in [2.24, 2.45) is 0 Å². The standard InChI is InChI=1S/C12H16FN2O4PS3/c1-2-7-10(19-20(21)22-5-6-23-20)9(13)11(18-7)15-4-3-8(16)14-12(15)17/h3-4,7,9-11H,2,5-6H2,1H3,(H,14,16,17)/t7-,9-,10-,11-/m1/s1. The van der Waals surface area contributed by atoms with E-state index in [0.717, 1.165) is 22.1 Å². The fraction of sp³-hybridized carbons (Fsp3) is 0.667. The average Bonchev–Trinajstić information content (AvgIpc) is 3.05. The second-order valence-corrected chi connectivity index (χ2v) is 15.8. The maximum atomic E-state index is 14.9. The van der Waals surface area contributed by atoms with Crippen LogP contribution in [-0.2, 0) is 21.1 Å². The molecule has 2 fully saturated rings. The van der Waals surface area contributed by atoms with Crippen LogP contribution in [0.4, 0.5) is 4.39 Å². The third kappa shape index (κ3) is 3.62. The highest BCUT2D eigenvalue weighted by Gasteiger charge is 2.49. The van der Waals surface area contributed by atoms with Gasteiger partial charge in [0, 0.05) is 23.8 Å². The number of hydrogen-bond donors (Lipinski definition) is 1. The van der Waals surface area contributed by atoms with E-state index < -0.39 is 40.5 Å². The summed E-state index contributed by atoms with van der Waals surface area (Å²) in [6.45, 7) is 1.87. The number of ether oxygens (including phenoxy) is 1. The third-order valence-corrected chi connectivity index (χ3v) is 13.4. The number of alkyl halides is 1. The first kappa shape index (κ1) is 17.7. The predicted molar refractivity (Wildman–Crippen MR) is 94.5 cm³/mol. The lowest BCUT2D eigenvalue weighted by Gasteiger charge is -2.24. The van der Waals surface area contributed by atoms with Crippen molar-refractivity contribution in [3.63, 3.8) is 0 Å². The molecular formula is C12H16FN2O4PS3. The number of hydrogen-bond acceptors (Lipinski definition) is 7. The Hall–Kier alpha value is -0.120. The quantitative estimate of drug-likeness (QED) is 0.780. The maximum Gasteiger partial charge on any atom is 0.330 e. The summed E-state index contributed by atoms with van der Waals surface area (Å²) in [5, 5.41) is 0. The molecule has 0 aliphatic carbocycles. The Labute approximate surface area is 145 Å². The minimum atomic E-state index is -2.14. The minimum Gasteiger partial charge on any atom is -0.349 e. The number of nitrogens with one attached hydrogen (secondary N) is 1. The second-order valence-electron chi connectivity index (χ2n) is 5.12. The zero-order valence-corrected chi connectivity index (χ0v) is 15.6. The van der Waals surface area contributed by atoms with Gasteiger partial charge in [0.25, 0.3) is 5.56 Å². The van der Waals surface area contributed by atoms with E-state index in [0.29, 0.717) is 6.42 Å². The molecule has 6 nitrogen and oxygen atoms in total. The largest absolute Gasteiger partial charge is 0.349 e. The Morgan fingerprint density at radius 2 is 2.22 bits per heavy atom. The van der Waals surface area contributed by atoms with Crippen molar-refractivity contribution in [2.45, 2.75) is 38.0 Å². The van der Waals surface area contributed by atoms with Crippen molar-refractivity contribution < 1.29 is 13.7 Å². The Bertz CT molecular complexity index is 732. The summed E-state index contributed by atoms with van der Waals surface area (Å²) in [4.78, 5) is 25.1. The summed E-state index contributed by atoms with van der Waals surface area (Å²) in [7, 11) is 0. The van der Waals surface area contributed by atoms with Crippen LogP contribution in [0.15, 0.2) is 21.9 Å². The highest BCUT2D eigenvalue weighted by atomic mass is 33.2. The Kier molecular flexibility index (Phi) is 5.40. The van der Waals surface area contributed by atoms with Crippen molar-refractivity contribution >= 4 is 39.2 Å². The van der Waals surface area contributed by atoms with Crippen LogP contribution in [0.3, 0.4) is 0 Å². The fourth-order valence-corrected chi connectivity index (χ4v) is 11.9. The van der Waals surface area contributed by atoms with Crippen LogP contribution in [0.2, 0.25) is 0 Å². The van der Waals surface area contributed by atoms with Gasteiger partial charge in [-0.1, -0.05) is 29.7 Å². The normalized spacial score (nSPS) is 33.1. The molecule has 1 aromatic heterocycles. The van der Waals surface area contributed by atoms with E-state index in [1.165, 1.54) is 6.20 Å². The first-order valence-electron chi connectivity index (χ1n) is 7.12. The molecule has 128 valence electrons. The summed E-state index contributed by atoms with van der Waals surface area (Å²) in [6, 6.07) is 1.16. The number of H-pyrrole nitrogens is 1. The predicted octanol–water partition coefficient (Wildman–Crippen LogP) is 2.27. The van der Waals surface area contributed by atoms with Gasteiger partial charge < -0.3 is 9.26 Å². The first-order chi connectivity index (χ1) is 10.9. The van der Waals surface area contributed by atoms with Crippen LogP contribution in [-0.4, -0.2) is 39.4 Å². The van der Waals surface area contributed by atoms with E-state index in [9.17, 15) is 14.0 Å². The lowest BCUT2D eigenvalue weighted by molar-refractivity contribution is -0.0260. The van der Waals surface area contributed by atoms with E-state index in [-0.39, 0.29) is 0 Å². The number of nitrogens with zero attached hydrogens (tertiary/aromatic N) is 1. The fourth-order valence-electron chi connectivity index (χ4n) is 2.55. The molecule has 0 saturated carbocycles. The summed E-state index contributed by atoms with van der Waals surface area (Å²) in [5.74, 6) is 1.82. The van der Waals surface area contributed by atoms with Crippen LogP contribution in [0, 0.1) is 0 Å². The highest BCUT2D eigenvalue weighted by molar-refractivity contribution is 9.00. The SMILES string of the molecule is CC[C@H]1O[C@@H](n2ccc(=O)[nH]c2=O)[C@H](F)[C@@H]1OP1(=S)SCCS1. The minimum absolute atomic E-state index is 0.476. The Morgan fingerprint density at radius 3 is 2.83 bits per heavy atom. The Balaban J connectivity index is 1.86. The number of rotatable bonds is 4. The van der Waals surface area contributed by atoms with Crippen molar-refractivity contribution in [3.8, 4) is 0 Å². The molecule has 0 bridgehead atoms. The molecular weight excluding hydrogens is 382 g/mol. The molecule has 3 heterocycles. The lowest BCUT2D eigenvalue weighted by atomic mass is 10.1. The zero-order chi connectivity index (χ0) is 16.6. The van der Waals surface area contributed by atoms with Gasteiger partial charge in [0.05, 0.1) is 6.10 Å². The molecule has 4 atom stereocenters. The van der Waals surface area contributed by atoms with Crippen molar-refractivity contribution in [1.29, 1.82) is 0 Å². The van der Waals surface area contributed by atoms with Crippen molar-refractivity contribution in [2.75, 3.05) is 11.5 Å². The van der Waals surface area contributed by atoms with Gasteiger partial charge >= 0.3 is 5.69 Å². The van der Waals surface area contributed by atoms with Crippen molar-refractivity contribution in [1.82, 2.24) is 9.55 Å². The average molecular weight is 398 g/mol. The van der Waals surface area contributed by atoms with Gasteiger partial charge in [0.15, 0.2) is 17.1 Å². The van der Waals surface area contributed by atoms with Gasteiger partial charge in [0.2, 0.25) is 0 Å². The van der Waals surface area contributed by atoms with Crippen LogP contribution >= 0.6 is 27.4 Å².